The summed E-state index contributed by atoms with van der Waals surface area (Å²) in [5, 5.41) is 6.05. The van der Waals surface area contributed by atoms with Crippen LogP contribution in [0.15, 0.2) is 54.6 Å². The van der Waals surface area contributed by atoms with Crippen molar-refractivity contribution in [1.82, 2.24) is 10.6 Å². The fourth-order valence-electron chi connectivity index (χ4n) is 4.62. The van der Waals surface area contributed by atoms with Crippen molar-refractivity contribution >= 4 is 23.4 Å². The van der Waals surface area contributed by atoms with Crippen LogP contribution in [0.2, 0.25) is 0 Å². The summed E-state index contributed by atoms with van der Waals surface area (Å²) in [7, 11) is 1.59. The SMILES string of the molecule is COc1ccc(N2CC(C(=O)NC(Cc3ccccc3)C(=O)NC3CCCC3)CC2=O)cc1. The molecule has 1 aliphatic carbocycles. The molecule has 2 N–H and O–H groups in total. The Bertz CT molecular complexity index is 971. The van der Waals surface area contributed by atoms with E-state index in [1.165, 1.54) is 0 Å². The number of ether oxygens (including phenoxy) is 1. The first-order valence-corrected chi connectivity index (χ1v) is 11.6. The molecular formula is C26H31N3O4. The van der Waals surface area contributed by atoms with Crippen LogP contribution in [0.25, 0.3) is 0 Å². The smallest absolute Gasteiger partial charge is 0.243 e. The van der Waals surface area contributed by atoms with Crippen LogP contribution in [0.3, 0.4) is 0 Å². The van der Waals surface area contributed by atoms with E-state index >= 15 is 0 Å². The molecule has 1 saturated carbocycles. The lowest BCUT2D eigenvalue weighted by Crippen LogP contribution is -2.51. The quantitative estimate of drug-likeness (QED) is 0.649. The topological polar surface area (TPSA) is 87.7 Å². The van der Waals surface area contributed by atoms with Crippen LogP contribution in [0.5, 0.6) is 5.75 Å². The number of hydrogen-bond acceptors (Lipinski definition) is 4. The van der Waals surface area contributed by atoms with E-state index in [0.717, 1.165) is 36.9 Å². The molecule has 0 spiro atoms. The zero-order chi connectivity index (χ0) is 23.2. The number of nitrogens with one attached hydrogen (secondary N) is 2. The van der Waals surface area contributed by atoms with Gasteiger partial charge in [-0.25, -0.2) is 0 Å². The predicted molar refractivity (Wildman–Crippen MR) is 126 cm³/mol. The average Bonchev–Trinajstić information content (AvgIpc) is 3.49. The fourth-order valence-corrected chi connectivity index (χ4v) is 4.62. The number of amides is 3. The zero-order valence-electron chi connectivity index (χ0n) is 19.0. The van der Waals surface area contributed by atoms with Gasteiger partial charge in [-0.1, -0.05) is 43.2 Å². The Kier molecular flexibility index (Phi) is 7.27. The van der Waals surface area contributed by atoms with E-state index in [1.807, 2.05) is 42.5 Å². The fraction of sp³-hybridized carbons (Fsp3) is 0.423. The van der Waals surface area contributed by atoms with Gasteiger partial charge in [0.1, 0.15) is 11.8 Å². The van der Waals surface area contributed by atoms with Crippen LogP contribution >= 0.6 is 0 Å². The van der Waals surface area contributed by atoms with Gasteiger partial charge in [0, 0.05) is 31.1 Å². The van der Waals surface area contributed by atoms with Gasteiger partial charge in [-0.3, -0.25) is 14.4 Å². The van der Waals surface area contributed by atoms with Crippen LogP contribution in [-0.4, -0.2) is 43.5 Å². The summed E-state index contributed by atoms with van der Waals surface area (Å²) in [6, 6.07) is 16.4. The van der Waals surface area contributed by atoms with Crippen molar-refractivity contribution in [1.29, 1.82) is 0 Å². The first-order chi connectivity index (χ1) is 16.0. The average molecular weight is 450 g/mol. The van der Waals surface area contributed by atoms with Crippen molar-refractivity contribution in [2.75, 3.05) is 18.6 Å². The van der Waals surface area contributed by atoms with Gasteiger partial charge in [-0.2, -0.15) is 0 Å². The second kappa shape index (κ2) is 10.5. The summed E-state index contributed by atoms with van der Waals surface area (Å²) in [5.74, 6) is -0.318. The van der Waals surface area contributed by atoms with Crippen LogP contribution in [-0.2, 0) is 20.8 Å². The Morgan fingerprint density at radius 3 is 2.42 bits per heavy atom. The summed E-state index contributed by atoms with van der Waals surface area (Å²) in [6.07, 6.45) is 4.73. The van der Waals surface area contributed by atoms with Gasteiger partial charge in [0.05, 0.1) is 13.0 Å². The van der Waals surface area contributed by atoms with Crippen LogP contribution in [0.1, 0.15) is 37.7 Å². The van der Waals surface area contributed by atoms with E-state index in [-0.39, 0.29) is 30.2 Å². The maximum atomic E-state index is 13.1. The summed E-state index contributed by atoms with van der Waals surface area (Å²) < 4.78 is 5.17. The van der Waals surface area contributed by atoms with Crippen LogP contribution < -0.4 is 20.3 Å². The Morgan fingerprint density at radius 2 is 1.76 bits per heavy atom. The van der Waals surface area contributed by atoms with Crippen LogP contribution in [0.4, 0.5) is 5.69 Å². The first-order valence-electron chi connectivity index (χ1n) is 11.6. The van der Waals surface area contributed by atoms with Crippen molar-refractivity contribution < 1.29 is 19.1 Å². The molecule has 2 unspecified atom stereocenters. The molecule has 0 radical (unpaired) electrons. The highest BCUT2D eigenvalue weighted by Crippen LogP contribution is 2.27. The van der Waals surface area contributed by atoms with Gasteiger partial charge in [0.15, 0.2) is 0 Å². The Morgan fingerprint density at radius 1 is 1.06 bits per heavy atom. The molecule has 174 valence electrons. The number of anilines is 1. The summed E-state index contributed by atoms with van der Waals surface area (Å²) >= 11 is 0. The number of nitrogens with zero attached hydrogens (tertiary/aromatic N) is 1. The molecule has 7 heteroatoms. The molecule has 2 atom stereocenters. The predicted octanol–water partition coefficient (Wildman–Crippen LogP) is 2.83. The lowest BCUT2D eigenvalue weighted by Gasteiger charge is -2.23. The minimum Gasteiger partial charge on any atom is -0.497 e. The zero-order valence-corrected chi connectivity index (χ0v) is 19.0. The lowest BCUT2D eigenvalue weighted by atomic mass is 10.0. The van der Waals surface area contributed by atoms with Crippen molar-refractivity contribution in [3.8, 4) is 5.75 Å². The molecule has 1 heterocycles. The Hall–Kier alpha value is -3.35. The highest BCUT2D eigenvalue weighted by atomic mass is 16.5. The standard InChI is InChI=1S/C26H31N3O4/c1-33-22-13-11-21(12-14-22)29-17-19(16-24(29)30)25(31)28-23(15-18-7-3-2-4-8-18)26(32)27-20-9-5-6-10-20/h2-4,7-8,11-14,19-20,23H,5-6,9-10,15-17H2,1H3,(H,27,32)(H,28,31). The van der Waals surface area contributed by atoms with E-state index < -0.39 is 12.0 Å². The van der Waals surface area contributed by atoms with Gasteiger partial charge >= 0.3 is 0 Å². The number of carbonyl (C=O) groups excluding carboxylic acids is 3. The third-order valence-electron chi connectivity index (χ3n) is 6.50. The molecule has 2 aliphatic rings. The van der Waals surface area contributed by atoms with Gasteiger partial charge in [0.25, 0.3) is 0 Å². The molecule has 7 nitrogen and oxygen atoms in total. The van der Waals surface area contributed by atoms with Crippen molar-refractivity contribution in [2.24, 2.45) is 5.92 Å². The number of methoxy groups -OCH3 is 1. The summed E-state index contributed by atoms with van der Waals surface area (Å²) in [6.45, 7) is 0.291. The summed E-state index contributed by atoms with van der Waals surface area (Å²) in [5.41, 5.74) is 1.71. The van der Waals surface area contributed by atoms with Crippen LogP contribution in [0, 0.1) is 5.92 Å². The third-order valence-corrected chi connectivity index (χ3v) is 6.50. The highest BCUT2D eigenvalue weighted by molar-refractivity contribution is 6.01. The van der Waals surface area contributed by atoms with E-state index in [1.54, 1.807) is 24.1 Å². The summed E-state index contributed by atoms with van der Waals surface area (Å²) in [4.78, 5) is 40.4. The molecule has 2 aromatic rings. The Labute approximate surface area is 194 Å². The Balaban J connectivity index is 1.42. The number of rotatable bonds is 8. The molecule has 2 aromatic carbocycles. The second-order valence-electron chi connectivity index (χ2n) is 8.84. The maximum absolute atomic E-state index is 13.1. The normalized spacial score (nSPS) is 19.4. The molecule has 0 bridgehead atoms. The number of benzene rings is 2. The van der Waals surface area contributed by atoms with Crippen molar-refractivity contribution in [3.63, 3.8) is 0 Å². The molecule has 33 heavy (non-hydrogen) atoms. The molecule has 0 aromatic heterocycles. The minimum absolute atomic E-state index is 0.102. The third kappa shape index (κ3) is 5.72. The highest BCUT2D eigenvalue weighted by Gasteiger charge is 2.37. The van der Waals surface area contributed by atoms with E-state index in [0.29, 0.717) is 18.7 Å². The molecule has 4 rings (SSSR count). The number of carbonyl (C=O) groups is 3. The minimum atomic E-state index is -0.675. The molecule has 1 saturated heterocycles. The van der Waals surface area contributed by atoms with Gasteiger partial charge in [-0.05, 0) is 42.7 Å². The van der Waals surface area contributed by atoms with E-state index in [4.69, 9.17) is 4.74 Å². The number of hydrogen-bond donors (Lipinski definition) is 2. The van der Waals surface area contributed by atoms with Gasteiger partial charge in [-0.15, -0.1) is 0 Å². The van der Waals surface area contributed by atoms with E-state index in [2.05, 4.69) is 10.6 Å². The van der Waals surface area contributed by atoms with Crippen molar-refractivity contribution in [3.05, 3.63) is 60.2 Å². The molecule has 3 amide bonds. The molecular weight excluding hydrogens is 418 g/mol. The largest absolute Gasteiger partial charge is 0.497 e. The lowest BCUT2D eigenvalue weighted by molar-refractivity contribution is -0.131. The second-order valence-corrected chi connectivity index (χ2v) is 8.84. The molecule has 1 aliphatic heterocycles. The van der Waals surface area contributed by atoms with E-state index in [9.17, 15) is 14.4 Å². The van der Waals surface area contributed by atoms with Gasteiger partial charge in [0.2, 0.25) is 17.7 Å². The monoisotopic (exact) mass is 449 g/mol. The first kappa shape index (κ1) is 22.8. The van der Waals surface area contributed by atoms with Crippen molar-refractivity contribution in [2.45, 2.75) is 50.6 Å². The maximum Gasteiger partial charge on any atom is 0.243 e. The molecule has 2 fully saturated rings. The van der Waals surface area contributed by atoms with Gasteiger partial charge < -0.3 is 20.3 Å².